The molecule has 2 unspecified atom stereocenters. The van der Waals surface area contributed by atoms with Crippen LogP contribution in [0, 0.1) is 5.41 Å². The summed E-state index contributed by atoms with van der Waals surface area (Å²) in [5, 5.41) is 8.09. The largest absolute Gasteiger partial charge is 0.379 e. The molecule has 19 heavy (non-hydrogen) atoms. The zero-order valence-electron chi connectivity index (χ0n) is 13.2. The van der Waals surface area contributed by atoms with Gasteiger partial charge in [0.1, 0.15) is 0 Å². The maximum Gasteiger partial charge on any atom is 0.0776 e. The Morgan fingerprint density at radius 3 is 2.53 bits per heavy atom. The summed E-state index contributed by atoms with van der Waals surface area (Å²) in [5.41, 5.74) is 1.22. The summed E-state index contributed by atoms with van der Waals surface area (Å²) < 4.78 is 7.61. The molecule has 0 fully saturated rings. The molecule has 1 aromatic heterocycles. The smallest absolute Gasteiger partial charge is 0.0776 e. The third-order valence-corrected chi connectivity index (χ3v) is 3.33. The number of nitrogens with one attached hydrogen (secondary N) is 1. The van der Waals surface area contributed by atoms with Gasteiger partial charge in [-0.15, -0.1) is 0 Å². The van der Waals surface area contributed by atoms with E-state index in [1.54, 1.807) is 7.11 Å². The molecule has 0 saturated carbocycles. The predicted octanol–water partition coefficient (Wildman–Crippen LogP) is 2.39. The van der Waals surface area contributed by atoms with E-state index in [9.17, 15) is 0 Å². The summed E-state index contributed by atoms with van der Waals surface area (Å²) in [6.07, 6.45) is 4.18. The number of aromatic nitrogens is 2. The van der Waals surface area contributed by atoms with Crippen LogP contribution >= 0.6 is 0 Å². The lowest BCUT2D eigenvalue weighted by molar-refractivity contribution is -0.0112. The Morgan fingerprint density at radius 1 is 1.42 bits per heavy atom. The molecule has 1 rings (SSSR count). The second-order valence-corrected chi connectivity index (χ2v) is 6.27. The van der Waals surface area contributed by atoms with Gasteiger partial charge in [-0.3, -0.25) is 4.68 Å². The van der Waals surface area contributed by atoms with Gasteiger partial charge in [0, 0.05) is 32.8 Å². The summed E-state index contributed by atoms with van der Waals surface area (Å²) in [6.45, 7) is 9.86. The quantitative estimate of drug-likeness (QED) is 0.824. The van der Waals surface area contributed by atoms with Crippen molar-refractivity contribution in [3.05, 3.63) is 18.0 Å². The molecule has 0 amide bonds. The molecule has 0 spiro atoms. The Morgan fingerprint density at radius 2 is 2.11 bits per heavy atom. The maximum absolute atomic E-state index is 5.76. The first-order valence-corrected chi connectivity index (χ1v) is 7.13. The fourth-order valence-corrected chi connectivity index (χ4v) is 2.53. The minimum Gasteiger partial charge on any atom is -0.379 e. The van der Waals surface area contributed by atoms with Gasteiger partial charge in [-0.2, -0.15) is 5.10 Å². The third-order valence-electron chi connectivity index (χ3n) is 3.33. The average Bonchev–Trinajstić information content (AvgIpc) is 2.70. The standard InChI is InChI=1S/C15H29N3O/c1-7-9-16-13(14(19-6)15(2,3)4)11-12-8-10-18(5)17-12/h8,10,13-14,16H,7,9,11H2,1-6H3. The van der Waals surface area contributed by atoms with Crippen LogP contribution in [0.5, 0.6) is 0 Å². The van der Waals surface area contributed by atoms with Gasteiger partial charge in [0.05, 0.1) is 11.8 Å². The lowest BCUT2D eigenvalue weighted by Gasteiger charge is -2.36. The first kappa shape index (κ1) is 16.2. The fourth-order valence-electron chi connectivity index (χ4n) is 2.53. The molecular weight excluding hydrogens is 238 g/mol. The van der Waals surface area contributed by atoms with E-state index in [1.807, 2.05) is 17.9 Å². The van der Waals surface area contributed by atoms with Crippen molar-refractivity contribution < 1.29 is 4.74 Å². The van der Waals surface area contributed by atoms with Gasteiger partial charge in [-0.05, 0) is 24.4 Å². The van der Waals surface area contributed by atoms with Gasteiger partial charge in [-0.1, -0.05) is 27.7 Å². The van der Waals surface area contributed by atoms with E-state index < -0.39 is 0 Å². The Hall–Kier alpha value is -0.870. The Bertz CT molecular complexity index is 368. The van der Waals surface area contributed by atoms with Crippen LogP contribution in [-0.4, -0.2) is 35.6 Å². The topological polar surface area (TPSA) is 39.1 Å². The van der Waals surface area contributed by atoms with Gasteiger partial charge in [0.15, 0.2) is 0 Å². The van der Waals surface area contributed by atoms with Crippen LogP contribution in [-0.2, 0) is 18.2 Å². The number of hydrogen-bond donors (Lipinski definition) is 1. The molecule has 0 radical (unpaired) electrons. The zero-order valence-corrected chi connectivity index (χ0v) is 13.2. The molecule has 1 aromatic rings. The first-order chi connectivity index (χ1) is 8.88. The molecule has 0 bridgehead atoms. The lowest BCUT2D eigenvalue weighted by atomic mass is 9.83. The zero-order chi connectivity index (χ0) is 14.5. The number of nitrogens with zero attached hydrogens (tertiary/aromatic N) is 2. The van der Waals surface area contributed by atoms with Crippen LogP contribution in [0.25, 0.3) is 0 Å². The van der Waals surface area contributed by atoms with Crippen molar-refractivity contribution in [3.63, 3.8) is 0 Å². The van der Waals surface area contributed by atoms with Crippen molar-refractivity contribution in [2.75, 3.05) is 13.7 Å². The minimum atomic E-state index is 0.106. The van der Waals surface area contributed by atoms with E-state index in [0.29, 0.717) is 6.04 Å². The Balaban J connectivity index is 2.80. The van der Waals surface area contributed by atoms with Gasteiger partial charge < -0.3 is 10.1 Å². The van der Waals surface area contributed by atoms with E-state index in [1.165, 1.54) is 0 Å². The Kier molecular flexibility index (Phi) is 6.01. The molecule has 110 valence electrons. The van der Waals surface area contributed by atoms with Crippen molar-refractivity contribution in [2.24, 2.45) is 12.5 Å². The number of methoxy groups -OCH3 is 1. The van der Waals surface area contributed by atoms with Gasteiger partial charge in [0.25, 0.3) is 0 Å². The van der Waals surface area contributed by atoms with E-state index >= 15 is 0 Å². The monoisotopic (exact) mass is 267 g/mol. The van der Waals surface area contributed by atoms with Crippen molar-refractivity contribution in [2.45, 2.75) is 52.7 Å². The number of aryl methyl sites for hydroxylation is 1. The van der Waals surface area contributed by atoms with Crippen molar-refractivity contribution in [3.8, 4) is 0 Å². The summed E-state index contributed by atoms with van der Waals surface area (Å²) in [4.78, 5) is 0. The van der Waals surface area contributed by atoms with Crippen LogP contribution in [0.2, 0.25) is 0 Å². The van der Waals surface area contributed by atoms with Crippen LogP contribution in [0.4, 0.5) is 0 Å². The molecule has 2 atom stereocenters. The summed E-state index contributed by atoms with van der Waals surface area (Å²) in [7, 11) is 3.75. The first-order valence-electron chi connectivity index (χ1n) is 7.13. The lowest BCUT2D eigenvalue weighted by Crippen LogP contribution is -2.49. The summed E-state index contributed by atoms with van der Waals surface area (Å²) in [6, 6.07) is 2.37. The maximum atomic E-state index is 5.76. The molecule has 4 nitrogen and oxygen atoms in total. The van der Waals surface area contributed by atoms with Gasteiger partial charge in [0.2, 0.25) is 0 Å². The normalized spacial score (nSPS) is 15.5. The van der Waals surface area contributed by atoms with E-state index in [4.69, 9.17) is 4.74 Å². The second-order valence-electron chi connectivity index (χ2n) is 6.27. The highest BCUT2D eigenvalue weighted by Crippen LogP contribution is 2.26. The minimum absolute atomic E-state index is 0.106. The molecule has 1 heterocycles. The highest BCUT2D eigenvalue weighted by atomic mass is 16.5. The van der Waals surface area contributed by atoms with Crippen molar-refractivity contribution >= 4 is 0 Å². The van der Waals surface area contributed by atoms with E-state index in [2.05, 4.69) is 44.2 Å². The van der Waals surface area contributed by atoms with Gasteiger partial charge in [-0.25, -0.2) is 0 Å². The highest BCUT2D eigenvalue weighted by molar-refractivity contribution is 5.03. The Labute approximate surface area is 117 Å². The molecule has 0 aliphatic rings. The molecule has 4 heteroatoms. The highest BCUT2D eigenvalue weighted by Gasteiger charge is 2.32. The van der Waals surface area contributed by atoms with Crippen molar-refractivity contribution in [1.29, 1.82) is 0 Å². The number of ether oxygens (including phenoxy) is 1. The number of rotatable bonds is 7. The molecule has 0 saturated heterocycles. The van der Waals surface area contributed by atoms with Crippen LogP contribution in [0.15, 0.2) is 12.3 Å². The van der Waals surface area contributed by atoms with E-state index in [0.717, 1.165) is 25.1 Å². The van der Waals surface area contributed by atoms with Gasteiger partial charge >= 0.3 is 0 Å². The third kappa shape index (κ3) is 4.96. The van der Waals surface area contributed by atoms with Crippen LogP contribution in [0.1, 0.15) is 39.8 Å². The fraction of sp³-hybridized carbons (Fsp3) is 0.800. The summed E-state index contributed by atoms with van der Waals surface area (Å²) >= 11 is 0. The molecular formula is C15H29N3O. The predicted molar refractivity (Wildman–Crippen MR) is 79.2 cm³/mol. The SMILES string of the molecule is CCCNC(Cc1ccn(C)n1)C(OC)C(C)(C)C. The number of hydrogen-bond acceptors (Lipinski definition) is 3. The summed E-state index contributed by atoms with van der Waals surface area (Å²) in [5.74, 6) is 0. The van der Waals surface area contributed by atoms with Crippen molar-refractivity contribution in [1.82, 2.24) is 15.1 Å². The van der Waals surface area contributed by atoms with Crippen LogP contribution in [0.3, 0.4) is 0 Å². The van der Waals surface area contributed by atoms with E-state index in [-0.39, 0.29) is 11.5 Å². The second kappa shape index (κ2) is 7.06. The molecule has 0 aliphatic carbocycles. The molecule has 1 N–H and O–H groups in total. The molecule has 0 aliphatic heterocycles. The average molecular weight is 267 g/mol. The molecule has 0 aromatic carbocycles. The van der Waals surface area contributed by atoms with Crippen LogP contribution < -0.4 is 5.32 Å².